The Morgan fingerprint density at radius 3 is 1.70 bits per heavy atom. The Labute approximate surface area is 315 Å². The van der Waals surface area contributed by atoms with Gasteiger partial charge in [0.15, 0.2) is 0 Å². The molecule has 0 amide bonds. The third kappa shape index (κ3) is 9.90. The second-order valence-electron chi connectivity index (χ2n) is 13.3. The van der Waals surface area contributed by atoms with E-state index in [9.17, 15) is 31.1 Å². The predicted octanol–water partition coefficient (Wildman–Crippen LogP) is 8.37. The molecule has 0 aliphatic carbocycles. The van der Waals surface area contributed by atoms with Crippen LogP contribution in [0.5, 0.6) is 0 Å². The van der Waals surface area contributed by atoms with Crippen LogP contribution in [0.15, 0.2) is 57.9 Å². The van der Waals surface area contributed by atoms with E-state index in [1.54, 1.807) is 20.2 Å². The average molecular weight is 829 g/mol. The molecular weight excluding hydrogens is 788 g/mol. The van der Waals surface area contributed by atoms with Crippen LogP contribution in [0, 0.1) is 6.92 Å². The summed E-state index contributed by atoms with van der Waals surface area (Å²) in [6, 6.07) is 13.1. The van der Waals surface area contributed by atoms with Crippen LogP contribution < -0.4 is 5.56 Å². The first-order valence-corrected chi connectivity index (χ1v) is 18.4. The highest BCUT2D eigenvalue weighted by atomic mass is 79.9. The van der Waals surface area contributed by atoms with E-state index >= 15 is 0 Å². The van der Waals surface area contributed by atoms with E-state index in [2.05, 4.69) is 30.4 Å². The number of hydrogen-bond acceptors (Lipinski definition) is 7. The number of halogens is 7. The summed E-state index contributed by atoms with van der Waals surface area (Å²) in [6.45, 7) is 3.49. The normalized spacial score (nSPS) is 16.2. The zero-order chi connectivity index (χ0) is 38.6. The first kappa shape index (κ1) is 39.9. The first-order valence-electron chi connectivity index (χ1n) is 17.6. The van der Waals surface area contributed by atoms with E-state index in [0.29, 0.717) is 32.0 Å². The lowest BCUT2D eigenvalue weighted by atomic mass is 9.99. The molecule has 2 aliphatic rings. The molecule has 0 atom stereocenters. The number of hydrogen-bond donors (Lipinski definition) is 0. The minimum Gasteiger partial charge on any atom is -0.381 e. The van der Waals surface area contributed by atoms with E-state index in [4.69, 9.17) is 14.5 Å². The number of benzene rings is 2. The highest BCUT2D eigenvalue weighted by molar-refractivity contribution is 9.10. The van der Waals surface area contributed by atoms with E-state index < -0.39 is 25.9 Å². The molecule has 5 heterocycles. The molecule has 2 saturated heterocycles. The lowest BCUT2D eigenvalue weighted by Gasteiger charge is -2.23. The maximum Gasteiger partial charge on any atom is 0.522 e. The van der Waals surface area contributed by atoms with Gasteiger partial charge in [-0.3, -0.25) is 14.3 Å². The largest absolute Gasteiger partial charge is 0.522 e. The van der Waals surface area contributed by atoms with Crippen LogP contribution >= 0.6 is 15.9 Å². The van der Waals surface area contributed by atoms with Crippen molar-refractivity contribution in [3.8, 4) is 11.1 Å². The lowest BCUT2D eigenvalue weighted by Crippen LogP contribution is -2.21. The molecule has 0 saturated carbocycles. The Balaban J connectivity index is 0.000000193. The Kier molecular flexibility index (Phi) is 12.5. The number of ether oxygens (including phenoxy) is 4. The standard InChI is InChI=1S/C22H24F3N3O3.C15H16BrF3N2O2/c1-14-11-17(13-27(2)21(14)29)16-3-4-18-19(12-16)28(7-10-31-22(23,24)25)20(26-18)15-5-8-30-9-6-15;16-11-1-2-12-13(9-11)21(5-8-23-15(17,18)19)14(20-12)10-3-6-22-7-4-10/h3-4,11-13,15H,5-10H2,1-2H3;1-2,9-10H,3-8H2. The van der Waals surface area contributed by atoms with Gasteiger partial charge in [-0.25, -0.2) is 9.97 Å². The summed E-state index contributed by atoms with van der Waals surface area (Å²) < 4.78 is 99.2. The number of imidazole rings is 2. The molecule has 17 heteroatoms. The van der Waals surface area contributed by atoms with Crippen LogP contribution in [0.3, 0.4) is 0 Å². The third-order valence-electron chi connectivity index (χ3n) is 9.55. The average Bonchev–Trinajstić information content (AvgIpc) is 3.68. The minimum absolute atomic E-state index is 0.0401. The summed E-state index contributed by atoms with van der Waals surface area (Å²) in [7, 11) is 1.69. The van der Waals surface area contributed by atoms with Crippen LogP contribution in [-0.2, 0) is 39.1 Å². The van der Waals surface area contributed by atoms with Gasteiger partial charge in [-0.15, -0.1) is 26.3 Å². The molecule has 0 spiro atoms. The van der Waals surface area contributed by atoms with Crippen molar-refractivity contribution < 1.29 is 45.3 Å². The second kappa shape index (κ2) is 16.9. The summed E-state index contributed by atoms with van der Waals surface area (Å²) in [4.78, 5) is 21.4. The maximum absolute atomic E-state index is 12.6. The molecular formula is C37H40BrF6N5O5. The fourth-order valence-corrected chi connectivity index (χ4v) is 7.33. The monoisotopic (exact) mass is 827 g/mol. The van der Waals surface area contributed by atoms with Crippen molar-refractivity contribution >= 4 is 38.0 Å². The van der Waals surface area contributed by atoms with E-state index in [0.717, 1.165) is 75.0 Å². The molecule has 0 bridgehead atoms. The molecule has 2 aliphatic heterocycles. The molecule has 0 unspecified atom stereocenters. The van der Waals surface area contributed by atoms with Crippen molar-refractivity contribution in [2.75, 3.05) is 39.6 Å². The molecule has 7 rings (SSSR count). The van der Waals surface area contributed by atoms with Crippen molar-refractivity contribution in [2.24, 2.45) is 7.05 Å². The van der Waals surface area contributed by atoms with E-state index in [1.807, 2.05) is 51.6 Å². The van der Waals surface area contributed by atoms with Crippen molar-refractivity contribution in [3.63, 3.8) is 0 Å². The van der Waals surface area contributed by atoms with Gasteiger partial charge >= 0.3 is 12.7 Å². The quantitative estimate of drug-likeness (QED) is 0.138. The summed E-state index contributed by atoms with van der Waals surface area (Å²) in [5, 5.41) is 0. The Morgan fingerprint density at radius 1 is 0.741 bits per heavy atom. The zero-order valence-corrected chi connectivity index (χ0v) is 31.3. The van der Waals surface area contributed by atoms with Gasteiger partial charge in [-0.1, -0.05) is 22.0 Å². The molecule has 5 aromatic rings. The van der Waals surface area contributed by atoms with Crippen LogP contribution in [-0.4, -0.2) is 76.0 Å². The number of aromatic nitrogens is 5. The number of alkyl halides is 6. The van der Waals surface area contributed by atoms with Crippen LogP contribution in [0.25, 0.3) is 33.2 Å². The molecule has 54 heavy (non-hydrogen) atoms. The van der Waals surface area contributed by atoms with Gasteiger partial charge < -0.3 is 23.2 Å². The second-order valence-corrected chi connectivity index (χ2v) is 14.2. The molecule has 0 N–H and O–H groups in total. The zero-order valence-electron chi connectivity index (χ0n) is 29.7. The highest BCUT2D eigenvalue weighted by Crippen LogP contribution is 2.33. The Morgan fingerprint density at radius 2 is 1.22 bits per heavy atom. The molecule has 0 radical (unpaired) electrons. The van der Waals surface area contributed by atoms with Gasteiger partial charge in [-0.05, 0) is 80.1 Å². The van der Waals surface area contributed by atoms with E-state index in [1.165, 1.54) is 4.57 Å². The van der Waals surface area contributed by atoms with Crippen LogP contribution in [0.2, 0.25) is 0 Å². The fraction of sp³-hybridized carbons (Fsp3) is 0.486. The molecule has 2 fully saturated rings. The van der Waals surface area contributed by atoms with Gasteiger partial charge in [0.1, 0.15) is 11.6 Å². The summed E-state index contributed by atoms with van der Waals surface area (Å²) in [6.07, 6.45) is -4.34. The smallest absolute Gasteiger partial charge is 0.381 e. The Bertz CT molecular complexity index is 2090. The number of aryl methyl sites for hydroxylation is 2. The maximum atomic E-state index is 12.6. The summed E-state index contributed by atoms with van der Waals surface area (Å²) in [5.74, 6) is 1.89. The molecule has 10 nitrogen and oxygen atoms in total. The number of pyridine rings is 1. The fourth-order valence-electron chi connectivity index (χ4n) is 6.98. The topological polar surface area (TPSA) is 94.6 Å². The first-order chi connectivity index (χ1) is 25.7. The number of fused-ring (bicyclic) bond motifs is 2. The minimum atomic E-state index is -4.67. The van der Waals surface area contributed by atoms with Gasteiger partial charge in [-0.2, -0.15) is 0 Å². The van der Waals surface area contributed by atoms with Gasteiger partial charge in [0.25, 0.3) is 5.56 Å². The van der Waals surface area contributed by atoms with E-state index in [-0.39, 0.29) is 30.5 Å². The number of rotatable bonds is 9. The van der Waals surface area contributed by atoms with Gasteiger partial charge in [0.2, 0.25) is 0 Å². The van der Waals surface area contributed by atoms with Crippen molar-refractivity contribution in [3.05, 3.63) is 80.7 Å². The highest BCUT2D eigenvalue weighted by Gasteiger charge is 2.31. The van der Waals surface area contributed by atoms with Crippen molar-refractivity contribution in [1.29, 1.82) is 0 Å². The van der Waals surface area contributed by atoms with Crippen LogP contribution in [0.1, 0.15) is 54.7 Å². The van der Waals surface area contributed by atoms with Crippen molar-refractivity contribution in [1.82, 2.24) is 23.7 Å². The number of nitrogens with zero attached hydrogens (tertiary/aromatic N) is 5. The molecule has 292 valence electrons. The molecule has 3 aromatic heterocycles. The van der Waals surface area contributed by atoms with Crippen molar-refractivity contribution in [2.45, 2.75) is 70.3 Å². The lowest BCUT2D eigenvalue weighted by molar-refractivity contribution is -0.326. The third-order valence-corrected chi connectivity index (χ3v) is 10.0. The summed E-state index contributed by atoms with van der Waals surface area (Å²) in [5.41, 5.74) is 5.33. The van der Waals surface area contributed by atoms with Gasteiger partial charge in [0.05, 0.1) is 35.3 Å². The van der Waals surface area contributed by atoms with Crippen LogP contribution in [0.4, 0.5) is 26.3 Å². The SMILES string of the molecule is Cc1cc(-c2ccc3nc(C4CCOCC4)n(CCOC(F)(F)F)c3c2)cn(C)c1=O.FC(F)(F)OCCn1c(C2CCOCC2)nc2ccc(Br)cc21. The summed E-state index contributed by atoms with van der Waals surface area (Å²) >= 11 is 3.40. The molecule has 2 aromatic carbocycles. The predicted molar refractivity (Wildman–Crippen MR) is 192 cm³/mol. The Hall–Kier alpha value is -3.77. The van der Waals surface area contributed by atoms with Gasteiger partial charge in [0, 0.05) is 74.6 Å².